The molecule has 1 unspecified atom stereocenters. The highest BCUT2D eigenvalue weighted by Crippen LogP contribution is 2.14. The summed E-state index contributed by atoms with van der Waals surface area (Å²) in [5.41, 5.74) is 1.38. The summed E-state index contributed by atoms with van der Waals surface area (Å²) in [5.74, 6) is 0. The van der Waals surface area contributed by atoms with E-state index in [9.17, 15) is 5.11 Å². The molecule has 2 N–H and O–H groups in total. The molecular weight excluding hydrogens is 216 g/mol. The van der Waals surface area contributed by atoms with Crippen LogP contribution in [0.3, 0.4) is 0 Å². The Kier molecular flexibility index (Phi) is 5.64. The number of likely N-dealkylation sites (N-methyl/N-ethyl adjacent to an activating group) is 1. The first-order chi connectivity index (χ1) is 8.21. The van der Waals surface area contributed by atoms with E-state index in [-0.39, 0.29) is 6.61 Å². The molecule has 0 amide bonds. The molecule has 0 aliphatic carbocycles. The molecular formula is C13H18N2O2. The van der Waals surface area contributed by atoms with Crippen LogP contribution < -0.4 is 0 Å². The Hall–Kier alpha value is -1.41. The minimum atomic E-state index is -0.589. The van der Waals surface area contributed by atoms with E-state index in [0.29, 0.717) is 18.7 Å². The van der Waals surface area contributed by atoms with Gasteiger partial charge in [-0.25, -0.2) is 0 Å². The van der Waals surface area contributed by atoms with Gasteiger partial charge < -0.3 is 10.2 Å². The van der Waals surface area contributed by atoms with Crippen LogP contribution in [0, 0.1) is 11.3 Å². The molecule has 1 aromatic carbocycles. The zero-order chi connectivity index (χ0) is 12.7. The lowest BCUT2D eigenvalue weighted by Gasteiger charge is -2.22. The lowest BCUT2D eigenvalue weighted by Crippen LogP contribution is -2.31. The van der Waals surface area contributed by atoms with E-state index in [2.05, 4.69) is 0 Å². The van der Waals surface area contributed by atoms with Gasteiger partial charge in [0.05, 0.1) is 24.3 Å². The molecule has 1 atom stereocenters. The second-order valence-corrected chi connectivity index (χ2v) is 3.87. The fraction of sp³-hybridized carbons (Fsp3) is 0.462. The highest BCUT2D eigenvalue weighted by molar-refractivity contribution is 5.32. The van der Waals surface area contributed by atoms with Crippen molar-refractivity contribution in [2.45, 2.75) is 13.0 Å². The molecule has 0 aliphatic heterocycles. The van der Waals surface area contributed by atoms with Crippen LogP contribution in [0.15, 0.2) is 24.3 Å². The van der Waals surface area contributed by atoms with Crippen molar-refractivity contribution in [3.63, 3.8) is 0 Å². The summed E-state index contributed by atoms with van der Waals surface area (Å²) in [6.07, 6.45) is -0.589. The SMILES string of the molecule is CCN(CCO)CC(O)c1ccc(C#N)cc1. The van der Waals surface area contributed by atoms with Crippen molar-refractivity contribution in [3.8, 4) is 6.07 Å². The quantitative estimate of drug-likeness (QED) is 0.767. The molecule has 0 aliphatic rings. The van der Waals surface area contributed by atoms with Gasteiger partial charge in [-0.1, -0.05) is 19.1 Å². The van der Waals surface area contributed by atoms with E-state index in [1.165, 1.54) is 0 Å². The van der Waals surface area contributed by atoms with Gasteiger partial charge in [0.1, 0.15) is 0 Å². The van der Waals surface area contributed by atoms with Gasteiger partial charge in [-0.15, -0.1) is 0 Å². The number of aliphatic hydroxyl groups excluding tert-OH is 2. The highest BCUT2D eigenvalue weighted by atomic mass is 16.3. The Morgan fingerprint density at radius 3 is 2.47 bits per heavy atom. The molecule has 92 valence electrons. The van der Waals surface area contributed by atoms with Crippen molar-refractivity contribution in [2.75, 3.05) is 26.2 Å². The largest absolute Gasteiger partial charge is 0.395 e. The monoisotopic (exact) mass is 234 g/mol. The maximum Gasteiger partial charge on any atom is 0.0991 e. The third-order valence-corrected chi connectivity index (χ3v) is 2.72. The molecule has 1 aromatic rings. The van der Waals surface area contributed by atoms with Gasteiger partial charge in [0.15, 0.2) is 0 Å². The molecule has 0 saturated carbocycles. The highest BCUT2D eigenvalue weighted by Gasteiger charge is 2.11. The normalized spacial score (nSPS) is 12.4. The van der Waals surface area contributed by atoms with Crippen LogP contribution >= 0.6 is 0 Å². The third kappa shape index (κ3) is 4.16. The average Bonchev–Trinajstić information content (AvgIpc) is 2.38. The van der Waals surface area contributed by atoms with Crippen LogP contribution in [0.4, 0.5) is 0 Å². The molecule has 4 heteroatoms. The fourth-order valence-corrected chi connectivity index (χ4v) is 1.65. The molecule has 0 radical (unpaired) electrons. The zero-order valence-electron chi connectivity index (χ0n) is 10.0. The lowest BCUT2D eigenvalue weighted by atomic mass is 10.1. The van der Waals surface area contributed by atoms with E-state index < -0.39 is 6.10 Å². The lowest BCUT2D eigenvalue weighted by molar-refractivity contribution is 0.103. The number of hydrogen-bond acceptors (Lipinski definition) is 4. The summed E-state index contributed by atoms with van der Waals surface area (Å²) in [5, 5.41) is 27.5. The van der Waals surface area contributed by atoms with Crippen LogP contribution in [-0.4, -0.2) is 41.4 Å². The van der Waals surface area contributed by atoms with Crippen molar-refractivity contribution >= 4 is 0 Å². The first kappa shape index (κ1) is 13.7. The Labute approximate surface area is 102 Å². The summed E-state index contributed by atoms with van der Waals surface area (Å²) in [7, 11) is 0. The molecule has 0 heterocycles. The van der Waals surface area contributed by atoms with Crippen molar-refractivity contribution < 1.29 is 10.2 Å². The van der Waals surface area contributed by atoms with E-state index in [1.54, 1.807) is 24.3 Å². The number of benzene rings is 1. The van der Waals surface area contributed by atoms with Gasteiger partial charge in [-0.3, -0.25) is 4.90 Å². The predicted octanol–water partition coefficient (Wildman–Crippen LogP) is 0.906. The van der Waals surface area contributed by atoms with E-state index in [4.69, 9.17) is 10.4 Å². The van der Waals surface area contributed by atoms with Crippen molar-refractivity contribution in [3.05, 3.63) is 35.4 Å². The number of nitrogens with zero attached hydrogens (tertiary/aromatic N) is 2. The number of hydrogen-bond donors (Lipinski definition) is 2. The van der Waals surface area contributed by atoms with Gasteiger partial charge in [-0.2, -0.15) is 5.26 Å². The summed E-state index contributed by atoms with van der Waals surface area (Å²) in [6.45, 7) is 3.91. The van der Waals surface area contributed by atoms with E-state index in [1.807, 2.05) is 17.9 Å². The molecule has 17 heavy (non-hydrogen) atoms. The molecule has 0 bridgehead atoms. The smallest absolute Gasteiger partial charge is 0.0991 e. The molecule has 0 saturated heterocycles. The first-order valence-corrected chi connectivity index (χ1v) is 5.72. The van der Waals surface area contributed by atoms with Crippen molar-refractivity contribution in [2.24, 2.45) is 0 Å². The van der Waals surface area contributed by atoms with Gasteiger partial charge in [-0.05, 0) is 24.2 Å². The maximum absolute atomic E-state index is 10.0. The Morgan fingerprint density at radius 2 is 2.00 bits per heavy atom. The van der Waals surface area contributed by atoms with Crippen LogP contribution in [0.25, 0.3) is 0 Å². The van der Waals surface area contributed by atoms with Gasteiger partial charge in [0, 0.05) is 13.1 Å². The molecule has 4 nitrogen and oxygen atoms in total. The molecule has 1 rings (SSSR count). The van der Waals surface area contributed by atoms with Crippen LogP contribution in [0.2, 0.25) is 0 Å². The van der Waals surface area contributed by atoms with E-state index in [0.717, 1.165) is 12.1 Å². The van der Waals surface area contributed by atoms with Crippen LogP contribution in [0.1, 0.15) is 24.2 Å². The second kappa shape index (κ2) is 7.02. The number of nitriles is 1. The van der Waals surface area contributed by atoms with Crippen molar-refractivity contribution in [1.82, 2.24) is 4.90 Å². The predicted molar refractivity (Wildman–Crippen MR) is 65.3 cm³/mol. The Morgan fingerprint density at radius 1 is 1.35 bits per heavy atom. The van der Waals surface area contributed by atoms with E-state index >= 15 is 0 Å². The molecule has 0 fully saturated rings. The molecule has 0 spiro atoms. The topological polar surface area (TPSA) is 67.5 Å². The Bertz CT molecular complexity index is 370. The summed E-state index contributed by atoms with van der Waals surface area (Å²) < 4.78 is 0. The number of rotatable bonds is 6. The fourth-order valence-electron chi connectivity index (χ4n) is 1.65. The van der Waals surface area contributed by atoms with Gasteiger partial charge >= 0.3 is 0 Å². The van der Waals surface area contributed by atoms with Gasteiger partial charge in [0.25, 0.3) is 0 Å². The van der Waals surface area contributed by atoms with Gasteiger partial charge in [0.2, 0.25) is 0 Å². The first-order valence-electron chi connectivity index (χ1n) is 5.72. The average molecular weight is 234 g/mol. The minimum absolute atomic E-state index is 0.0912. The van der Waals surface area contributed by atoms with Crippen LogP contribution in [-0.2, 0) is 0 Å². The Balaban J connectivity index is 2.62. The maximum atomic E-state index is 10.0. The minimum Gasteiger partial charge on any atom is -0.395 e. The standard InChI is InChI=1S/C13H18N2O2/c1-2-15(7-8-16)10-13(17)12-5-3-11(9-14)4-6-12/h3-6,13,16-17H,2,7-8,10H2,1H3. The van der Waals surface area contributed by atoms with Crippen molar-refractivity contribution in [1.29, 1.82) is 5.26 Å². The van der Waals surface area contributed by atoms with Crippen LogP contribution in [0.5, 0.6) is 0 Å². The number of aliphatic hydroxyl groups is 2. The third-order valence-electron chi connectivity index (χ3n) is 2.72. The second-order valence-electron chi connectivity index (χ2n) is 3.87. The molecule has 0 aromatic heterocycles. The summed E-state index contributed by atoms with van der Waals surface area (Å²) in [4.78, 5) is 1.98. The zero-order valence-corrected chi connectivity index (χ0v) is 10.0. The summed E-state index contributed by atoms with van der Waals surface area (Å²) >= 11 is 0. The summed E-state index contributed by atoms with van der Waals surface area (Å²) in [6, 6.07) is 8.95.